The van der Waals surface area contributed by atoms with E-state index in [4.69, 9.17) is 4.74 Å². The van der Waals surface area contributed by atoms with E-state index in [-0.39, 0.29) is 34.8 Å². The molecule has 2 aromatic rings. The number of nitrogens with one attached hydrogen (secondary N) is 2. The van der Waals surface area contributed by atoms with E-state index in [0.29, 0.717) is 29.2 Å². The standard InChI is InChI=1S/C31H45N3O3.BrH/c1-4-6-7-8-9-12-24-37-29-14-11-10-13-28(29)31(36)33-26-17-15-25(16-18-26)30(35)32-27-19-22-34(3,21-5-2)23-20-27;/h10-11,13-18,27H,4-9,12,19-24H2,1-3H3,(H-,32,33,35,36);1H. The van der Waals surface area contributed by atoms with Crippen LogP contribution in [0.15, 0.2) is 48.5 Å². The molecule has 1 aliphatic heterocycles. The van der Waals surface area contributed by atoms with Crippen LogP contribution in [0, 0.1) is 0 Å². The van der Waals surface area contributed by atoms with Crippen LogP contribution in [0.4, 0.5) is 5.69 Å². The number of ether oxygens (including phenoxy) is 1. The second kappa shape index (κ2) is 16.6. The van der Waals surface area contributed by atoms with Gasteiger partial charge >= 0.3 is 0 Å². The first-order valence-electron chi connectivity index (χ1n) is 14.2. The average Bonchev–Trinajstić information content (AvgIpc) is 2.90. The van der Waals surface area contributed by atoms with Gasteiger partial charge in [-0.05, 0) is 49.2 Å². The lowest BCUT2D eigenvalue weighted by atomic mass is 10.0. The minimum Gasteiger partial charge on any atom is -1.00 e. The van der Waals surface area contributed by atoms with E-state index in [0.717, 1.165) is 43.3 Å². The lowest BCUT2D eigenvalue weighted by Gasteiger charge is -2.40. The highest BCUT2D eigenvalue weighted by atomic mass is 79.9. The number of carbonyl (C=O) groups is 2. The maximum atomic E-state index is 13.0. The molecule has 38 heavy (non-hydrogen) atoms. The van der Waals surface area contributed by atoms with Crippen LogP contribution >= 0.6 is 0 Å². The van der Waals surface area contributed by atoms with Crippen LogP contribution < -0.4 is 32.4 Å². The summed E-state index contributed by atoms with van der Waals surface area (Å²) >= 11 is 0. The summed E-state index contributed by atoms with van der Waals surface area (Å²) in [6, 6.07) is 14.7. The number of anilines is 1. The Bertz CT molecular complexity index is 988. The fourth-order valence-corrected chi connectivity index (χ4v) is 5.12. The molecule has 1 heterocycles. The number of hydrogen-bond acceptors (Lipinski definition) is 3. The molecule has 0 atom stereocenters. The number of carbonyl (C=O) groups excluding carboxylic acids is 2. The molecule has 7 heteroatoms. The third-order valence-electron chi connectivity index (χ3n) is 7.43. The predicted molar refractivity (Wildman–Crippen MR) is 151 cm³/mol. The van der Waals surface area contributed by atoms with E-state index < -0.39 is 0 Å². The molecule has 210 valence electrons. The van der Waals surface area contributed by atoms with Gasteiger partial charge in [0.2, 0.25) is 0 Å². The number of piperidine rings is 1. The number of benzene rings is 2. The van der Waals surface area contributed by atoms with E-state index in [9.17, 15) is 9.59 Å². The quantitative estimate of drug-likeness (QED) is 0.263. The minimum atomic E-state index is -0.216. The molecule has 2 N–H and O–H groups in total. The van der Waals surface area contributed by atoms with Gasteiger partial charge in [-0.3, -0.25) is 9.59 Å². The van der Waals surface area contributed by atoms with Crippen LogP contribution in [0.25, 0.3) is 0 Å². The summed E-state index contributed by atoms with van der Waals surface area (Å²) < 4.78 is 7.04. The molecular weight excluding hydrogens is 542 g/mol. The van der Waals surface area contributed by atoms with Crippen molar-refractivity contribution in [2.24, 2.45) is 0 Å². The molecule has 0 unspecified atom stereocenters. The predicted octanol–water partition coefficient (Wildman–Crippen LogP) is 3.43. The summed E-state index contributed by atoms with van der Waals surface area (Å²) in [6.45, 7) is 8.47. The number of halogens is 1. The van der Waals surface area contributed by atoms with Crippen LogP contribution in [0.1, 0.15) is 92.4 Å². The van der Waals surface area contributed by atoms with Gasteiger partial charge < -0.3 is 36.8 Å². The van der Waals surface area contributed by atoms with E-state index in [1.807, 2.05) is 18.2 Å². The molecule has 2 aromatic carbocycles. The van der Waals surface area contributed by atoms with Crippen LogP contribution in [0.2, 0.25) is 0 Å². The molecular formula is C31H46BrN3O3. The normalized spacial score (nSPS) is 18.8. The zero-order valence-corrected chi connectivity index (χ0v) is 25.0. The SMILES string of the molecule is CCCCCCCCOc1ccccc1C(=O)Nc1ccc(C(=O)NC2CC[N+](C)(CCC)CC2)cc1.[Br-]. The second-order valence-electron chi connectivity index (χ2n) is 10.7. The highest BCUT2D eigenvalue weighted by Crippen LogP contribution is 2.21. The number of rotatable bonds is 14. The molecule has 0 aliphatic carbocycles. The Morgan fingerprint density at radius 1 is 0.868 bits per heavy atom. The van der Waals surface area contributed by atoms with Crippen molar-refractivity contribution in [3.05, 3.63) is 59.7 Å². The number of amides is 2. The van der Waals surface area contributed by atoms with Gasteiger partial charge in [0.15, 0.2) is 0 Å². The number of nitrogens with zero attached hydrogens (tertiary/aromatic N) is 1. The Kier molecular flexibility index (Phi) is 13.9. The third-order valence-corrected chi connectivity index (χ3v) is 7.43. The van der Waals surface area contributed by atoms with Gasteiger partial charge in [-0.25, -0.2) is 0 Å². The van der Waals surface area contributed by atoms with Gasteiger partial charge in [0, 0.05) is 30.1 Å². The first kappa shape index (κ1) is 31.8. The second-order valence-corrected chi connectivity index (χ2v) is 10.7. The van der Waals surface area contributed by atoms with E-state index in [1.165, 1.54) is 38.6 Å². The van der Waals surface area contributed by atoms with Crippen molar-refractivity contribution < 1.29 is 35.8 Å². The van der Waals surface area contributed by atoms with Gasteiger partial charge in [0.1, 0.15) is 5.75 Å². The van der Waals surface area contributed by atoms with E-state index in [1.54, 1.807) is 30.3 Å². The fourth-order valence-electron chi connectivity index (χ4n) is 5.12. The van der Waals surface area contributed by atoms with Crippen molar-refractivity contribution in [3.63, 3.8) is 0 Å². The number of unbranched alkanes of at least 4 members (excludes halogenated alkanes) is 5. The van der Waals surface area contributed by atoms with Gasteiger partial charge in [-0.2, -0.15) is 0 Å². The maximum absolute atomic E-state index is 13.0. The molecule has 0 saturated carbocycles. The van der Waals surface area contributed by atoms with Crippen molar-refractivity contribution in [1.29, 1.82) is 0 Å². The van der Waals surface area contributed by atoms with E-state index in [2.05, 4.69) is 31.5 Å². The molecule has 0 radical (unpaired) electrons. The van der Waals surface area contributed by atoms with E-state index >= 15 is 0 Å². The summed E-state index contributed by atoms with van der Waals surface area (Å²) in [5, 5.41) is 6.13. The molecule has 0 aromatic heterocycles. The van der Waals surface area contributed by atoms with Crippen LogP contribution in [-0.2, 0) is 0 Å². The van der Waals surface area contributed by atoms with Crippen molar-refractivity contribution >= 4 is 17.5 Å². The highest BCUT2D eigenvalue weighted by Gasteiger charge is 2.30. The Balaban J connectivity index is 0.00000507. The molecule has 0 bridgehead atoms. The Hall–Kier alpha value is -2.38. The lowest BCUT2D eigenvalue weighted by Crippen LogP contribution is -3.00. The molecule has 6 nitrogen and oxygen atoms in total. The molecule has 2 amide bonds. The topological polar surface area (TPSA) is 67.4 Å². The van der Waals surface area contributed by atoms with Gasteiger partial charge in [0.25, 0.3) is 11.8 Å². The number of quaternary nitrogens is 1. The molecule has 3 rings (SSSR count). The number of likely N-dealkylation sites (tertiary alicyclic amines) is 1. The van der Waals surface area contributed by atoms with Gasteiger partial charge in [0.05, 0.1) is 38.9 Å². The zero-order chi connectivity index (χ0) is 26.5. The Labute approximate surface area is 239 Å². The summed E-state index contributed by atoms with van der Waals surface area (Å²) in [5.74, 6) is 0.333. The van der Waals surface area contributed by atoms with Crippen molar-refractivity contribution in [1.82, 2.24) is 5.32 Å². The maximum Gasteiger partial charge on any atom is 0.259 e. The van der Waals surface area contributed by atoms with Crippen LogP contribution in [-0.4, -0.2) is 55.6 Å². The van der Waals surface area contributed by atoms with Crippen molar-refractivity contribution in [2.45, 2.75) is 77.7 Å². The summed E-state index contributed by atoms with van der Waals surface area (Å²) in [4.78, 5) is 25.7. The third kappa shape index (κ3) is 10.1. The molecule has 1 fully saturated rings. The average molecular weight is 589 g/mol. The summed E-state index contributed by atoms with van der Waals surface area (Å²) in [6.07, 6.45) is 10.4. The van der Waals surface area contributed by atoms with Gasteiger partial charge in [-0.15, -0.1) is 0 Å². The summed E-state index contributed by atoms with van der Waals surface area (Å²) in [7, 11) is 2.31. The Morgan fingerprint density at radius 2 is 1.53 bits per heavy atom. The first-order valence-corrected chi connectivity index (χ1v) is 14.2. The molecule has 1 saturated heterocycles. The highest BCUT2D eigenvalue weighted by molar-refractivity contribution is 6.06. The van der Waals surface area contributed by atoms with Crippen LogP contribution in [0.5, 0.6) is 5.75 Å². The lowest BCUT2D eigenvalue weighted by molar-refractivity contribution is -0.914. The van der Waals surface area contributed by atoms with Crippen molar-refractivity contribution in [3.8, 4) is 5.75 Å². The zero-order valence-electron chi connectivity index (χ0n) is 23.4. The molecule has 0 spiro atoms. The monoisotopic (exact) mass is 587 g/mol. The number of para-hydroxylation sites is 1. The minimum absolute atomic E-state index is 0. The molecule has 1 aliphatic rings. The fraction of sp³-hybridized carbons (Fsp3) is 0.548. The van der Waals surface area contributed by atoms with Crippen LogP contribution in [0.3, 0.4) is 0 Å². The summed E-state index contributed by atoms with van der Waals surface area (Å²) in [5.41, 5.74) is 1.77. The first-order chi connectivity index (χ1) is 17.9. The van der Waals surface area contributed by atoms with Gasteiger partial charge in [-0.1, -0.05) is 58.1 Å². The Morgan fingerprint density at radius 3 is 2.21 bits per heavy atom. The number of hydrogen-bond donors (Lipinski definition) is 2. The smallest absolute Gasteiger partial charge is 0.259 e. The largest absolute Gasteiger partial charge is 1.00 e. The van der Waals surface area contributed by atoms with Crippen molar-refractivity contribution in [2.75, 3.05) is 38.6 Å².